The number of carbonyl (C=O) groups is 1. The van der Waals surface area contributed by atoms with E-state index in [1.807, 2.05) is 13.8 Å². The molecule has 0 heterocycles. The van der Waals surface area contributed by atoms with Gasteiger partial charge in [-0.3, -0.25) is 5.32 Å². The second-order valence-corrected chi connectivity index (χ2v) is 3.97. The van der Waals surface area contributed by atoms with E-state index < -0.39 is 6.09 Å². The second kappa shape index (κ2) is 6.12. The smallest absolute Gasteiger partial charge is 0.411 e. The Balaban J connectivity index is 2.43. The lowest BCUT2D eigenvalue weighted by Crippen LogP contribution is -2.16. The minimum Gasteiger partial charge on any atom is -0.449 e. The number of rotatable bonds is 4. The standard InChI is InChI=1S/C12H17NO3/c1-9(2)8-16-12(15)13-11-5-3-10(7-14)4-6-11/h3-6,9,14H,7-8H2,1-2H3,(H,13,15). The summed E-state index contributed by atoms with van der Waals surface area (Å²) < 4.78 is 4.96. The van der Waals surface area contributed by atoms with E-state index in [2.05, 4.69) is 5.32 Å². The Hall–Kier alpha value is -1.55. The number of aliphatic hydroxyl groups excluding tert-OH is 1. The first-order chi connectivity index (χ1) is 7.61. The molecule has 0 aliphatic heterocycles. The van der Waals surface area contributed by atoms with Crippen LogP contribution in [0.1, 0.15) is 19.4 Å². The fraction of sp³-hybridized carbons (Fsp3) is 0.417. The molecule has 0 aromatic heterocycles. The Labute approximate surface area is 95.2 Å². The van der Waals surface area contributed by atoms with Crippen LogP contribution in [0.2, 0.25) is 0 Å². The molecular formula is C12H17NO3. The Morgan fingerprint density at radius 3 is 2.50 bits per heavy atom. The Morgan fingerprint density at radius 1 is 1.38 bits per heavy atom. The van der Waals surface area contributed by atoms with Gasteiger partial charge in [0, 0.05) is 5.69 Å². The largest absolute Gasteiger partial charge is 0.449 e. The van der Waals surface area contributed by atoms with E-state index in [1.165, 1.54) is 0 Å². The average Bonchev–Trinajstić information content (AvgIpc) is 2.27. The van der Waals surface area contributed by atoms with Crippen molar-refractivity contribution in [1.29, 1.82) is 0 Å². The Morgan fingerprint density at radius 2 is 2.00 bits per heavy atom. The van der Waals surface area contributed by atoms with Crippen molar-refractivity contribution in [3.05, 3.63) is 29.8 Å². The summed E-state index contributed by atoms with van der Waals surface area (Å²) in [4.78, 5) is 11.3. The molecule has 88 valence electrons. The van der Waals surface area contributed by atoms with Crippen molar-refractivity contribution in [1.82, 2.24) is 0 Å². The van der Waals surface area contributed by atoms with E-state index in [9.17, 15) is 4.79 Å². The van der Waals surface area contributed by atoms with Crippen molar-refractivity contribution >= 4 is 11.8 Å². The van der Waals surface area contributed by atoms with Gasteiger partial charge in [-0.2, -0.15) is 0 Å². The quantitative estimate of drug-likeness (QED) is 0.824. The summed E-state index contributed by atoms with van der Waals surface area (Å²) in [5.74, 6) is 0.322. The number of amides is 1. The first kappa shape index (κ1) is 12.5. The van der Waals surface area contributed by atoms with Gasteiger partial charge in [-0.15, -0.1) is 0 Å². The maximum absolute atomic E-state index is 11.3. The molecule has 1 rings (SSSR count). The lowest BCUT2D eigenvalue weighted by Gasteiger charge is -2.08. The zero-order chi connectivity index (χ0) is 12.0. The van der Waals surface area contributed by atoms with Gasteiger partial charge >= 0.3 is 6.09 Å². The van der Waals surface area contributed by atoms with Crippen molar-refractivity contribution in [3.63, 3.8) is 0 Å². The fourth-order valence-corrected chi connectivity index (χ4v) is 1.09. The first-order valence-electron chi connectivity index (χ1n) is 5.25. The van der Waals surface area contributed by atoms with Gasteiger partial charge in [0.15, 0.2) is 0 Å². The molecule has 16 heavy (non-hydrogen) atoms. The lowest BCUT2D eigenvalue weighted by atomic mass is 10.2. The molecule has 0 saturated carbocycles. The average molecular weight is 223 g/mol. The number of hydrogen-bond acceptors (Lipinski definition) is 3. The van der Waals surface area contributed by atoms with Crippen molar-refractivity contribution < 1.29 is 14.6 Å². The predicted molar refractivity (Wildman–Crippen MR) is 62.2 cm³/mol. The third kappa shape index (κ3) is 4.31. The third-order valence-electron chi connectivity index (χ3n) is 1.93. The van der Waals surface area contributed by atoms with Crippen LogP contribution in [0.3, 0.4) is 0 Å². The van der Waals surface area contributed by atoms with E-state index in [4.69, 9.17) is 9.84 Å². The molecule has 1 aromatic carbocycles. The minimum absolute atomic E-state index is 0.00191. The second-order valence-electron chi connectivity index (χ2n) is 3.97. The summed E-state index contributed by atoms with van der Waals surface area (Å²) in [5, 5.41) is 11.4. The summed E-state index contributed by atoms with van der Waals surface area (Å²) in [6, 6.07) is 6.94. The normalized spacial score (nSPS) is 10.2. The summed E-state index contributed by atoms with van der Waals surface area (Å²) >= 11 is 0. The molecule has 0 spiro atoms. The Kier molecular flexibility index (Phi) is 4.79. The van der Waals surface area contributed by atoms with E-state index >= 15 is 0 Å². The van der Waals surface area contributed by atoms with E-state index in [1.54, 1.807) is 24.3 Å². The molecule has 4 heteroatoms. The Bertz CT molecular complexity index is 333. The van der Waals surface area contributed by atoms with Gasteiger partial charge in [0.1, 0.15) is 0 Å². The molecule has 4 nitrogen and oxygen atoms in total. The highest BCUT2D eigenvalue weighted by Gasteiger charge is 2.04. The van der Waals surface area contributed by atoms with Crippen LogP contribution in [-0.2, 0) is 11.3 Å². The van der Waals surface area contributed by atoms with Crippen LogP contribution in [0.5, 0.6) is 0 Å². The molecule has 0 atom stereocenters. The van der Waals surface area contributed by atoms with Gasteiger partial charge in [0.05, 0.1) is 13.2 Å². The molecule has 0 unspecified atom stereocenters. The van der Waals surface area contributed by atoms with Gasteiger partial charge in [-0.05, 0) is 23.6 Å². The predicted octanol–water partition coefficient (Wildman–Crippen LogP) is 2.38. The van der Waals surface area contributed by atoms with Gasteiger partial charge in [-0.25, -0.2) is 4.79 Å². The summed E-state index contributed by atoms with van der Waals surface area (Å²) in [7, 11) is 0. The molecule has 1 aromatic rings. The van der Waals surface area contributed by atoms with Gasteiger partial charge < -0.3 is 9.84 Å². The van der Waals surface area contributed by atoms with Gasteiger partial charge in [0.2, 0.25) is 0 Å². The van der Waals surface area contributed by atoms with Crippen molar-refractivity contribution in [2.45, 2.75) is 20.5 Å². The summed E-state index contributed by atoms with van der Waals surface area (Å²) in [6.45, 7) is 4.35. The SMILES string of the molecule is CC(C)COC(=O)Nc1ccc(CO)cc1. The van der Waals surface area contributed by atoms with Crippen molar-refractivity contribution in [2.75, 3.05) is 11.9 Å². The van der Waals surface area contributed by atoms with Crippen LogP contribution in [-0.4, -0.2) is 17.8 Å². The molecule has 2 N–H and O–H groups in total. The minimum atomic E-state index is -0.453. The third-order valence-corrected chi connectivity index (χ3v) is 1.93. The van der Waals surface area contributed by atoms with E-state index in [-0.39, 0.29) is 6.61 Å². The first-order valence-corrected chi connectivity index (χ1v) is 5.25. The van der Waals surface area contributed by atoms with E-state index in [0.717, 1.165) is 5.56 Å². The summed E-state index contributed by atoms with van der Waals surface area (Å²) in [6.07, 6.45) is -0.453. The van der Waals surface area contributed by atoms with Gasteiger partial charge in [-0.1, -0.05) is 26.0 Å². The van der Waals surface area contributed by atoms with Crippen LogP contribution in [0.25, 0.3) is 0 Å². The molecule has 0 bridgehead atoms. The molecule has 0 radical (unpaired) electrons. The highest BCUT2D eigenvalue weighted by Crippen LogP contribution is 2.09. The zero-order valence-corrected chi connectivity index (χ0v) is 9.56. The van der Waals surface area contributed by atoms with Crippen LogP contribution < -0.4 is 5.32 Å². The number of ether oxygens (including phenoxy) is 1. The molecule has 0 fully saturated rings. The molecule has 0 saturated heterocycles. The van der Waals surface area contributed by atoms with Crippen LogP contribution in [0.4, 0.5) is 10.5 Å². The number of hydrogen-bond donors (Lipinski definition) is 2. The fourth-order valence-electron chi connectivity index (χ4n) is 1.09. The lowest BCUT2D eigenvalue weighted by molar-refractivity contribution is 0.147. The zero-order valence-electron chi connectivity index (χ0n) is 9.56. The van der Waals surface area contributed by atoms with Crippen molar-refractivity contribution in [2.24, 2.45) is 5.92 Å². The van der Waals surface area contributed by atoms with Crippen LogP contribution >= 0.6 is 0 Å². The topological polar surface area (TPSA) is 58.6 Å². The van der Waals surface area contributed by atoms with Gasteiger partial charge in [0.25, 0.3) is 0 Å². The molecule has 1 amide bonds. The number of carbonyl (C=O) groups excluding carboxylic acids is 1. The molecule has 0 aliphatic carbocycles. The molecule has 0 aliphatic rings. The van der Waals surface area contributed by atoms with Crippen LogP contribution in [0.15, 0.2) is 24.3 Å². The monoisotopic (exact) mass is 223 g/mol. The number of aliphatic hydroxyl groups is 1. The number of anilines is 1. The highest BCUT2D eigenvalue weighted by molar-refractivity contribution is 5.84. The maximum atomic E-state index is 11.3. The highest BCUT2D eigenvalue weighted by atomic mass is 16.5. The number of nitrogens with one attached hydrogen (secondary N) is 1. The molecular weight excluding hydrogens is 206 g/mol. The van der Waals surface area contributed by atoms with Crippen LogP contribution in [0, 0.1) is 5.92 Å². The maximum Gasteiger partial charge on any atom is 0.411 e. The summed E-state index contributed by atoms with van der Waals surface area (Å²) in [5.41, 5.74) is 1.46. The number of benzene rings is 1. The van der Waals surface area contributed by atoms with Crippen molar-refractivity contribution in [3.8, 4) is 0 Å². The van der Waals surface area contributed by atoms with E-state index in [0.29, 0.717) is 18.2 Å².